The van der Waals surface area contributed by atoms with Crippen molar-refractivity contribution in [2.45, 2.75) is 58.9 Å². The van der Waals surface area contributed by atoms with Crippen molar-refractivity contribution < 1.29 is 0 Å². The number of nitrogens with zero attached hydrogens (tertiary/aromatic N) is 1. The lowest BCUT2D eigenvalue weighted by Gasteiger charge is -2.21. The first kappa shape index (κ1) is 15.9. The molecule has 2 nitrogen and oxygen atoms in total. The summed E-state index contributed by atoms with van der Waals surface area (Å²) in [5.41, 5.74) is 0. The topological polar surface area (TPSA) is 15.3 Å². The second-order valence-corrected chi connectivity index (χ2v) is 5.22. The van der Waals surface area contributed by atoms with Crippen LogP contribution < -0.4 is 5.32 Å². The van der Waals surface area contributed by atoms with Crippen LogP contribution in [0.15, 0.2) is 0 Å². The van der Waals surface area contributed by atoms with Gasteiger partial charge in [0.05, 0.1) is 0 Å². The third-order valence-corrected chi connectivity index (χ3v) is 3.59. The third kappa shape index (κ3) is 8.12. The Labute approximate surface area is 103 Å². The van der Waals surface area contributed by atoms with Gasteiger partial charge in [-0.05, 0) is 39.9 Å². The number of unbranched alkanes of at least 4 members (excludes halogenated alkanes) is 1. The zero-order valence-electron chi connectivity index (χ0n) is 12.1. The number of nitrogens with one attached hydrogen (secondary N) is 1. The molecule has 0 saturated heterocycles. The summed E-state index contributed by atoms with van der Waals surface area (Å²) in [5.74, 6) is 0.933. The molecule has 0 aromatic heterocycles. The highest BCUT2D eigenvalue weighted by molar-refractivity contribution is 4.65. The predicted molar refractivity (Wildman–Crippen MR) is 73.9 cm³/mol. The van der Waals surface area contributed by atoms with E-state index in [0.717, 1.165) is 12.5 Å². The SMILES string of the molecule is CCCCC(CC)CCNCC(C)N(C)C. The van der Waals surface area contributed by atoms with E-state index < -0.39 is 0 Å². The molecule has 0 aliphatic rings. The molecule has 0 aliphatic carbocycles. The Morgan fingerprint density at radius 2 is 1.81 bits per heavy atom. The summed E-state index contributed by atoms with van der Waals surface area (Å²) in [6.45, 7) is 9.16. The third-order valence-electron chi connectivity index (χ3n) is 3.59. The zero-order chi connectivity index (χ0) is 12.4. The molecule has 2 unspecified atom stereocenters. The second-order valence-electron chi connectivity index (χ2n) is 5.22. The molecular formula is C14H32N2. The molecule has 2 atom stereocenters. The fourth-order valence-electron chi connectivity index (χ4n) is 1.85. The van der Waals surface area contributed by atoms with E-state index in [-0.39, 0.29) is 0 Å². The molecule has 0 bridgehead atoms. The molecule has 0 heterocycles. The molecule has 2 heteroatoms. The first-order chi connectivity index (χ1) is 7.61. The van der Waals surface area contributed by atoms with Crippen molar-refractivity contribution in [3.8, 4) is 0 Å². The van der Waals surface area contributed by atoms with E-state index >= 15 is 0 Å². The van der Waals surface area contributed by atoms with Gasteiger partial charge in [-0.3, -0.25) is 0 Å². The van der Waals surface area contributed by atoms with E-state index in [0.29, 0.717) is 6.04 Å². The highest BCUT2D eigenvalue weighted by atomic mass is 15.1. The molecule has 0 amide bonds. The van der Waals surface area contributed by atoms with Crippen LogP contribution in [0, 0.1) is 5.92 Å². The monoisotopic (exact) mass is 228 g/mol. The molecule has 98 valence electrons. The molecule has 0 aliphatic heterocycles. The highest BCUT2D eigenvalue weighted by Gasteiger charge is 2.06. The molecule has 0 aromatic carbocycles. The summed E-state index contributed by atoms with van der Waals surface area (Å²) < 4.78 is 0. The van der Waals surface area contributed by atoms with Crippen LogP contribution in [0.25, 0.3) is 0 Å². The highest BCUT2D eigenvalue weighted by Crippen LogP contribution is 2.15. The van der Waals surface area contributed by atoms with Crippen LogP contribution in [-0.2, 0) is 0 Å². The van der Waals surface area contributed by atoms with Crippen LogP contribution in [0.3, 0.4) is 0 Å². The minimum atomic E-state index is 0.635. The fourth-order valence-corrected chi connectivity index (χ4v) is 1.85. The molecule has 0 aromatic rings. The Morgan fingerprint density at radius 3 is 2.31 bits per heavy atom. The number of hydrogen-bond donors (Lipinski definition) is 1. The second kappa shape index (κ2) is 10.1. The van der Waals surface area contributed by atoms with Crippen molar-refractivity contribution in [3.63, 3.8) is 0 Å². The maximum atomic E-state index is 3.57. The van der Waals surface area contributed by atoms with Crippen LogP contribution in [0.5, 0.6) is 0 Å². The number of likely N-dealkylation sites (N-methyl/N-ethyl adjacent to an activating group) is 1. The van der Waals surface area contributed by atoms with Crippen molar-refractivity contribution in [2.24, 2.45) is 5.92 Å². The lowest BCUT2D eigenvalue weighted by Crippen LogP contribution is -2.36. The first-order valence-electron chi connectivity index (χ1n) is 6.98. The Kier molecular flexibility index (Phi) is 10.0. The smallest absolute Gasteiger partial charge is 0.0186 e. The van der Waals surface area contributed by atoms with Gasteiger partial charge in [0, 0.05) is 12.6 Å². The van der Waals surface area contributed by atoms with Crippen LogP contribution in [0.4, 0.5) is 0 Å². The Bertz CT molecular complexity index is 146. The minimum Gasteiger partial charge on any atom is -0.315 e. The van der Waals surface area contributed by atoms with Crippen molar-refractivity contribution >= 4 is 0 Å². The van der Waals surface area contributed by atoms with E-state index in [9.17, 15) is 0 Å². The summed E-state index contributed by atoms with van der Waals surface area (Å²) in [6.07, 6.45) is 6.83. The molecule has 16 heavy (non-hydrogen) atoms. The average Bonchev–Trinajstić information content (AvgIpc) is 2.27. The largest absolute Gasteiger partial charge is 0.315 e. The van der Waals surface area contributed by atoms with Crippen molar-refractivity contribution in [2.75, 3.05) is 27.2 Å². The maximum absolute atomic E-state index is 3.57. The number of rotatable bonds is 10. The first-order valence-corrected chi connectivity index (χ1v) is 6.98. The lowest BCUT2D eigenvalue weighted by molar-refractivity contribution is 0.298. The summed E-state index contributed by atoms with van der Waals surface area (Å²) in [7, 11) is 4.28. The average molecular weight is 228 g/mol. The zero-order valence-corrected chi connectivity index (χ0v) is 12.1. The van der Waals surface area contributed by atoms with Gasteiger partial charge in [0.15, 0.2) is 0 Å². The van der Waals surface area contributed by atoms with E-state index in [1.807, 2.05) is 0 Å². The molecular weight excluding hydrogens is 196 g/mol. The normalized spacial score (nSPS) is 15.4. The van der Waals surface area contributed by atoms with Gasteiger partial charge in [0.1, 0.15) is 0 Å². The van der Waals surface area contributed by atoms with E-state index in [1.165, 1.54) is 38.6 Å². The Balaban J connectivity index is 3.47. The lowest BCUT2D eigenvalue weighted by atomic mass is 9.96. The van der Waals surface area contributed by atoms with Crippen LogP contribution in [-0.4, -0.2) is 38.1 Å². The summed E-state index contributed by atoms with van der Waals surface area (Å²) in [6, 6.07) is 0.635. The summed E-state index contributed by atoms with van der Waals surface area (Å²) >= 11 is 0. The predicted octanol–water partition coefficient (Wildman–Crippen LogP) is 3.13. The minimum absolute atomic E-state index is 0.635. The van der Waals surface area contributed by atoms with Gasteiger partial charge in [0.25, 0.3) is 0 Å². The van der Waals surface area contributed by atoms with E-state index in [4.69, 9.17) is 0 Å². The molecule has 0 spiro atoms. The molecule has 0 rings (SSSR count). The van der Waals surface area contributed by atoms with Crippen molar-refractivity contribution in [3.05, 3.63) is 0 Å². The molecule has 0 saturated carbocycles. The molecule has 0 fully saturated rings. The van der Waals surface area contributed by atoms with Crippen LogP contribution in [0.1, 0.15) is 52.9 Å². The van der Waals surface area contributed by atoms with Gasteiger partial charge >= 0.3 is 0 Å². The van der Waals surface area contributed by atoms with Gasteiger partial charge < -0.3 is 10.2 Å². The molecule has 0 radical (unpaired) electrons. The van der Waals surface area contributed by atoms with Crippen LogP contribution in [0.2, 0.25) is 0 Å². The Hall–Kier alpha value is -0.0800. The Morgan fingerprint density at radius 1 is 1.12 bits per heavy atom. The van der Waals surface area contributed by atoms with Crippen molar-refractivity contribution in [1.29, 1.82) is 0 Å². The van der Waals surface area contributed by atoms with Gasteiger partial charge in [-0.15, -0.1) is 0 Å². The van der Waals surface area contributed by atoms with Gasteiger partial charge in [-0.2, -0.15) is 0 Å². The van der Waals surface area contributed by atoms with Crippen LogP contribution >= 0.6 is 0 Å². The van der Waals surface area contributed by atoms with Gasteiger partial charge in [0.2, 0.25) is 0 Å². The number of hydrogen-bond acceptors (Lipinski definition) is 2. The summed E-state index contributed by atoms with van der Waals surface area (Å²) in [5, 5.41) is 3.57. The maximum Gasteiger partial charge on any atom is 0.0186 e. The fraction of sp³-hybridized carbons (Fsp3) is 1.00. The van der Waals surface area contributed by atoms with Gasteiger partial charge in [-0.1, -0.05) is 39.5 Å². The summed E-state index contributed by atoms with van der Waals surface area (Å²) in [4.78, 5) is 2.27. The quantitative estimate of drug-likeness (QED) is 0.578. The van der Waals surface area contributed by atoms with E-state index in [1.54, 1.807) is 0 Å². The van der Waals surface area contributed by atoms with E-state index in [2.05, 4.69) is 45.1 Å². The standard InChI is InChI=1S/C14H32N2/c1-6-8-9-14(7-2)10-11-15-12-13(3)16(4)5/h13-15H,6-12H2,1-5H3. The molecule has 1 N–H and O–H groups in total. The van der Waals surface area contributed by atoms with Crippen molar-refractivity contribution in [1.82, 2.24) is 10.2 Å². The van der Waals surface area contributed by atoms with Gasteiger partial charge in [-0.25, -0.2) is 0 Å².